The molecule has 21 heavy (non-hydrogen) atoms. The third-order valence-electron chi connectivity index (χ3n) is 3.51. The van der Waals surface area contributed by atoms with Crippen molar-refractivity contribution >= 4 is 17.6 Å². The average molecular weight is 283 g/mol. The van der Waals surface area contributed by atoms with Crippen LogP contribution in [-0.4, -0.2) is 22.1 Å². The van der Waals surface area contributed by atoms with Crippen LogP contribution in [0.5, 0.6) is 5.75 Å². The number of carboxylic acid groups (broad SMARTS) is 1. The summed E-state index contributed by atoms with van der Waals surface area (Å²) in [6, 6.07) is 11.4. The van der Waals surface area contributed by atoms with E-state index >= 15 is 0 Å². The van der Waals surface area contributed by atoms with Crippen molar-refractivity contribution in [3.63, 3.8) is 0 Å². The maximum absolute atomic E-state index is 12.1. The molecule has 0 bridgehead atoms. The van der Waals surface area contributed by atoms with Gasteiger partial charge in [0.25, 0.3) is 0 Å². The predicted octanol–water partition coefficient (Wildman–Crippen LogP) is 2.18. The van der Waals surface area contributed by atoms with Gasteiger partial charge in [0, 0.05) is 5.69 Å². The lowest BCUT2D eigenvalue weighted by molar-refractivity contribution is -0.117. The highest BCUT2D eigenvalue weighted by molar-refractivity contribution is 6.02. The standard InChI is InChI=1S/C16H13NO4/c18-13-3-1-2-10(6-13)9-17-14-5-4-11(16(20)21)7-12(14)8-15(17)19/h1-7,18H,8-9H2,(H,20,21). The Morgan fingerprint density at radius 3 is 2.71 bits per heavy atom. The van der Waals surface area contributed by atoms with Crippen LogP contribution in [0.25, 0.3) is 0 Å². The molecule has 0 saturated heterocycles. The zero-order valence-electron chi connectivity index (χ0n) is 11.1. The molecule has 5 heteroatoms. The highest BCUT2D eigenvalue weighted by Gasteiger charge is 2.28. The molecular weight excluding hydrogens is 270 g/mol. The summed E-state index contributed by atoms with van der Waals surface area (Å²) in [7, 11) is 0. The second-order valence-corrected chi connectivity index (χ2v) is 4.98. The Bertz CT molecular complexity index is 739. The number of carbonyl (C=O) groups is 2. The summed E-state index contributed by atoms with van der Waals surface area (Å²) in [6.45, 7) is 0.354. The number of benzene rings is 2. The van der Waals surface area contributed by atoms with Crippen LogP contribution in [0.2, 0.25) is 0 Å². The fraction of sp³-hybridized carbons (Fsp3) is 0.125. The largest absolute Gasteiger partial charge is 0.508 e. The normalized spacial score (nSPS) is 13.3. The quantitative estimate of drug-likeness (QED) is 0.905. The van der Waals surface area contributed by atoms with Crippen LogP contribution in [-0.2, 0) is 17.8 Å². The van der Waals surface area contributed by atoms with E-state index in [0.29, 0.717) is 6.54 Å². The number of anilines is 1. The Hall–Kier alpha value is -2.82. The second-order valence-electron chi connectivity index (χ2n) is 4.98. The zero-order valence-corrected chi connectivity index (χ0v) is 11.1. The summed E-state index contributed by atoms with van der Waals surface area (Å²) in [5.74, 6) is -0.923. The van der Waals surface area contributed by atoms with E-state index in [1.807, 2.05) is 6.07 Å². The van der Waals surface area contributed by atoms with Gasteiger partial charge in [-0.2, -0.15) is 0 Å². The third-order valence-corrected chi connectivity index (χ3v) is 3.51. The van der Waals surface area contributed by atoms with E-state index in [4.69, 9.17) is 5.11 Å². The average Bonchev–Trinajstić information content (AvgIpc) is 2.74. The van der Waals surface area contributed by atoms with E-state index in [1.165, 1.54) is 12.1 Å². The highest BCUT2D eigenvalue weighted by atomic mass is 16.4. The minimum Gasteiger partial charge on any atom is -0.508 e. The van der Waals surface area contributed by atoms with E-state index in [-0.39, 0.29) is 23.6 Å². The van der Waals surface area contributed by atoms with Crippen molar-refractivity contribution in [2.24, 2.45) is 0 Å². The Morgan fingerprint density at radius 1 is 1.19 bits per heavy atom. The molecule has 0 radical (unpaired) electrons. The smallest absolute Gasteiger partial charge is 0.335 e. The lowest BCUT2D eigenvalue weighted by Gasteiger charge is -2.17. The van der Waals surface area contributed by atoms with Gasteiger partial charge in [0.15, 0.2) is 0 Å². The van der Waals surface area contributed by atoms with Crippen LogP contribution in [0.4, 0.5) is 5.69 Å². The first-order valence-corrected chi connectivity index (χ1v) is 6.49. The molecular formula is C16H13NO4. The van der Waals surface area contributed by atoms with Crippen molar-refractivity contribution in [3.05, 3.63) is 59.2 Å². The molecule has 0 atom stereocenters. The molecule has 2 aromatic carbocycles. The molecule has 0 spiro atoms. The number of hydrogen-bond acceptors (Lipinski definition) is 3. The SMILES string of the molecule is O=C(O)c1ccc2c(c1)CC(=O)N2Cc1cccc(O)c1. The van der Waals surface area contributed by atoms with E-state index in [2.05, 4.69) is 0 Å². The van der Waals surface area contributed by atoms with Gasteiger partial charge in [0.05, 0.1) is 18.5 Å². The monoisotopic (exact) mass is 283 g/mol. The predicted molar refractivity (Wildman–Crippen MR) is 76.4 cm³/mol. The first-order chi connectivity index (χ1) is 10.0. The van der Waals surface area contributed by atoms with Gasteiger partial charge in [0.1, 0.15) is 5.75 Å². The molecule has 0 saturated carbocycles. The van der Waals surface area contributed by atoms with E-state index in [9.17, 15) is 14.7 Å². The number of nitrogens with zero attached hydrogens (tertiary/aromatic N) is 1. The van der Waals surface area contributed by atoms with E-state index in [1.54, 1.807) is 29.2 Å². The Balaban J connectivity index is 1.92. The summed E-state index contributed by atoms with van der Waals surface area (Å²) >= 11 is 0. The number of fused-ring (bicyclic) bond motifs is 1. The first-order valence-electron chi connectivity index (χ1n) is 6.49. The van der Waals surface area contributed by atoms with Crippen LogP contribution in [0.1, 0.15) is 21.5 Å². The van der Waals surface area contributed by atoms with Crippen LogP contribution in [0.3, 0.4) is 0 Å². The van der Waals surface area contributed by atoms with Crippen molar-refractivity contribution in [2.45, 2.75) is 13.0 Å². The van der Waals surface area contributed by atoms with Crippen molar-refractivity contribution in [1.82, 2.24) is 0 Å². The molecule has 1 aliphatic heterocycles. The minimum atomic E-state index is -1.00. The number of carboxylic acids is 1. The van der Waals surface area contributed by atoms with Crippen molar-refractivity contribution in [1.29, 1.82) is 0 Å². The number of rotatable bonds is 3. The maximum Gasteiger partial charge on any atom is 0.335 e. The molecule has 2 aromatic rings. The second kappa shape index (κ2) is 4.94. The van der Waals surface area contributed by atoms with E-state index < -0.39 is 5.97 Å². The molecule has 0 unspecified atom stereocenters. The summed E-state index contributed by atoms with van der Waals surface area (Å²) in [6.07, 6.45) is 0.204. The van der Waals surface area contributed by atoms with Crippen molar-refractivity contribution in [2.75, 3.05) is 4.90 Å². The third kappa shape index (κ3) is 2.45. The first kappa shape index (κ1) is 13.2. The number of phenols is 1. The van der Waals surface area contributed by atoms with Gasteiger partial charge in [-0.1, -0.05) is 12.1 Å². The van der Waals surface area contributed by atoms with Crippen LogP contribution in [0.15, 0.2) is 42.5 Å². The lowest BCUT2D eigenvalue weighted by Crippen LogP contribution is -2.25. The number of aromatic hydroxyl groups is 1. The summed E-state index contributed by atoms with van der Waals surface area (Å²) in [5.41, 5.74) is 2.45. The topological polar surface area (TPSA) is 77.8 Å². The minimum absolute atomic E-state index is 0.0733. The molecule has 1 aliphatic rings. The Kier molecular flexibility index (Phi) is 3.10. The number of aromatic carboxylic acids is 1. The lowest BCUT2D eigenvalue weighted by atomic mass is 10.1. The molecule has 5 nitrogen and oxygen atoms in total. The number of amides is 1. The zero-order chi connectivity index (χ0) is 15.0. The fourth-order valence-corrected chi connectivity index (χ4v) is 2.53. The van der Waals surface area contributed by atoms with Gasteiger partial charge in [-0.05, 0) is 41.5 Å². The van der Waals surface area contributed by atoms with Crippen molar-refractivity contribution in [3.8, 4) is 5.75 Å². The molecule has 0 aliphatic carbocycles. The maximum atomic E-state index is 12.1. The molecule has 0 aromatic heterocycles. The number of hydrogen-bond donors (Lipinski definition) is 2. The molecule has 1 amide bonds. The Labute approximate surface area is 121 Å². The fourth-order valence-electron chi connectivity index (χ4n) is 2.53. The summed E-state index contributed by atoms with van der Waals surface area (Å²) in [5, 5.41) is 18.5. The Morgan fingerprint density at radius 2 is 2.00 bits per heavy atom. The molecule has 1 heterocycles. The van der Waals surface area contributed by atoms with Gasteiger partial charge in [0.2, 0.25) is 5.91 Å². The number of carbonyl (C=O) groups excluding carboxylic acids is 1. The number of phenolic OH excluding ortho intramolecular Hbond substituents is 1. The highest BCUT2D eigenvalue weighted by Crippen LogP contribution is 2.31. The van der Waals surface area contributed by atoms with Gasteiger partial charge >= 0.3 is 5.97 Å². The van der Waals surface area contributed by atoms with Gasteiger partial charge in [-0.15, -0.1) is 0 Å². The molecule has 0 fully saturated rings. The van der Waals surface area contributed by atoms with Gasteiger partial charge in [-0.3, -0.25) is 4.79 Å². The van der Waals surface area contributed by atoms with Crippen molar-refractivity contribution < 1.29 is 19.8 Å². The van der Waals surface area contributed by atoms with Gasteiger partial charge < -0.3 is 15.1 Å². The van der Waals surface area contributed by atoms with Crippen LogP contribution >= 0.6 is 0 Å². The summed E-state index contributed by atoms with van der Waals surface area (Å²) in [4.78, 5) is 24.7. The van der Waals surface area contributed by atoms with Crippen LogP contribution in [0, 0.1) is 0 Å². The summed E-state index contributed by atoms with van der Waals surface area (Å²) < 4.78 is 0. The molecule has 106 valence electrons. The van der Waals surface area contributed by atoms with Gasteiger partial charge in [-0.25, -0.2) is 4.79 Å². The van der Waals surface area contributed by atoms with Crippen LogP contribution < -0.4 is 4.90 Å². The molecule has 3 rings (SSSR count). The molecule has 2 N–H and O–H groups in total. The van der Waals surface area contributed by atoms with E-state index in [0.717, 1.165) is 16.8 Å².